The monoisotopic (exact) mass is 277 g/mol. The summed E-state index contributed by atoms with van der Waals surface area (Å²) in [4.78, 5) is 12.3. The Labute approximate surface area is 117 Å². The Morgan fingerprint density at radius 2 is 1.90 bits per heavy atom. The summed E-state index contributed by atoms with van der Waals surface area (Å²) >= 11 is 0. The molecule has 1 aliphatic carbocycles. The molecule has 1 amide bonds. The van der Waals surface area contributed by atoms with Gasteiger partial charge in [0.1, 0.15) is 11.3 Å². The highest BCUT2D eigenvalue weighted by Gasteiger charge is 2.38. The number of nitrogens with zero attached hydrogens (tertiary/aromatic N) is 1. The van der Waals surface area contributed by atoms with Gasteiger partial charge in [0.05, 0.1) is 5.56 Å². The van der Waals surface area contributed by atoms with Gasteiger partial charge in [0, 0.05) is 0 Å². The molecule has 0 bridgehead atoms. The van der Waals surface area contributed by atoms with E-state index in [1.165, 1.54) is 12.1 Å². The van der Waals surface area contributed by atoms with Gasteiger partial charge < -0.3 is 21.4 Å². The van der Waals surface area contributed by atoms with Crippen molar-refractivity contribution in [1.29, 1.82) is 0 Å². The second-order valence-electron chi connectivity index (χ2n) is 5.10. The van der Waals surface area contributed by atoms with Gasteiger partial charge in [-0.1, -0.05) is 36.6 Å². The van der Waals surface area contributed by atoms with E-state index in [-0.39, 0.29) is 17.1 Å². The number of nitrogens with two attached hydrogens (primary N) is 1. The van der Waals surface area contributed by atoms with Crippen LogP contribution in [0.3, 0.4) is 0 Å². The van der Waals surface area contributed by atoms with Crippen LogP contribution in [0.1, 0.15) is 42.5 Å². The summed E-state index contributed by atoms with van der Waals surface area (Å²) in [7, 11) is 0. The lowest BCUT2D eigenvalue weighted by Crippen LogP contribution is -2.58. The highest BCUT2D eigenvalue weighted by Crippen LogP contribution is 2.29. The molecule has 1 aliphatic rings. The summed E-state index contributed by atoms with van der Waals surface area (Å²) in [6.45, 7) is 0. The number of carbonyl (C=O) groups is 1. The van der Waals surface area contributed by atoms with Crippen LogP contribution in [0.2, 0.25) is 0 Å². The highest BCUT2D eigenvalue weighted by molar-refractivity contribution is 6.01. The quantitative estimate of drug-likeness (QED) is 0.291. The van der Waals surface area contributed by atoms with Crippen molar-refractivity contribution in [3.63, 3.8) is 0 Å². The second kappa shape index (κ2) is 5.81. The maximum atomic E-state index is 12.3. The number of aromatic hydroxyl groups is 1. The lowest BCUT2D eigenvalue weighted by molar-refractivity contribution is 0.0903. The maximum Gasteiger partial charge on any atom is 0.255 e. The van der Waals surface area contributed by atoms with Gasteiger partial charge in [-0.05, 0) is 25.0 Å². The first kappa shape index (κ1) is 14.2. The Bertz CT molecular complexity index is 522. The molecule has 0 atom stereocenters. The molecule has 6 heteroatoms. The first-order valence-electron chi connectivity index (χ1n) is 6.67. The molecule has 1 aromatic rings. The van der Waals surface area contributed by atoms with Crippen LogP contribution in [-0.4, -0.2) is 27.6 Å². The first-order chi connectivity index (χ1) is 9.59. The normalized spacial score (nSPS) is 18.5. The zero-order chi connectivity index (χ0) is 14.6. The summed E-state index contributed by atoms with van der Waals surface area (Å²) in [6, 6.07) is 6.30. The highest BCUT2D eigenvalue weighted by atomic mass is 16.4. The lowest BCUT2D eigenvalue weighted by Gasteiger charge is -2.36. The fraction of sp³-hybridized carbons (Fsp3) is 0.429. The molecule has 0 aromatic heterocycles. The van der Waals surface area contributed by atoms with Gasteiger partial charge >= 0.3 is 0 Å². The first-order valence-corrected chi connectivity index (χ1v) is 6.67. The minimum absolute atomic E-state index is 0.0148. The molecule has 0 aliphatic heterocycles. The van der Waals surface area contributed by atoms with Crippen LogP contribution in [-0.2, 0) is 0 Å². The number of amides is 1. The number of oxime groups is 1. The number of hydrogen-bond acceptors (Lipinski definition) is 4. The average molecular weight is 277 g/mol. The van der Waals surface area contributed by atoms with Crippen molar-refractivity contribution < 1.29 is 15.1 Å². The van der Waals surface area contributed by atoms with Crippen LogP contribution in [0.4, 0.5) is 0 Å². The molecule has 6 nitrogen and oxygen atoms in total. The van der Waals surface area contributed by atoms with Gasteiger partial charge in [-0.15, -0.1) is 0 Å². The van der Waals surface area contributed by atoms with Crippen molar-refractivity contribution in [2.75, 3.05) is 0 Å². The lowest BCUT2D eigenvalue weighted by atomic mass is 9.80. The standard InChI is InChI=1S/C14H19N3O3/c15-13(17-20)14(8-4-1-5-9-14)16-12(19)10-6-2-3-7-11(10)18/h2-3,6-7,18,20H,1,4-5,8-9H2,(H2,15,17)(H,16,19). The predicted octanol–water partition coefficient (Wildman–Crippen LogP) is 1.57. The summed E-state index contributed by atoms with van der Waals surface area (Å²) in [5, 5.41) is 24.6. The number of nitrogens with one attached hydrogen (secondary N) is 1. The van der Waals surface area contributed by atoms with Gasteiger partial charge in [-0.2, -0.15) is 0 Å². The third kappa shape index (κ3) is 2.68. The summed E-state index contributed by atoms with van der Waals surface area (Å²) < 4.78 is 0. The number of phenols is 1. The molecule has 0 saturated heterocycles. The van der Waals surface area contributed by atoms with Crippen molar-refractivity contribution in [3.8, 4) is 5.75 Å². The summed E-state index contributed by atoms with van der Waals surface area (Å²) in [5.41, 5.74) is 5.13. The number of amidine groups is 1. The number of rotatable bonds is 3. The summed E-state index contributed by atoms with van der Waals surface area (Å²) in [6.07, 6.45) is 4.12. The molecule has 1 aromatic carbocycles. The van der Waals surface area contributed by atoms with Crippen LogP contribution >= 0.6 is 0 Å². The van der Waals surface area contributed by atoms with E-state index < -0.39 is 11.4 Å². The minimum atomic E-state index is -0.827. The van der Waals surface area contributed by atoms with Crippen molar-refractivity contribution in [2.24, 2.45) is 10.9 Å². The molecule has 0 radical (unpaired) electrons. The van der Waals surface area contributed by atoms with E-state index in [9.17, 15) is 9.90 Å². The zero-order valence-corrected chi connectivity index (χ0v) is 11.2. The van der Waals surface area contributed by atoms with Crippen LogP contribution in [0.25, 0.3) is 0 Å². The molecule has 2 rings (SSSR count). The van der Waals surface area contributed by atoms with Gasteiger partial charge in [-0.25, -0.2) is 0 Å². The van der Waals surface area contributed by atoms with Crippen LogP contribution in [0.5, 0.6) is 5.75 Å². The third-order valence-electron chi connectivity index (χ3n) is 3.81. The average Bonchev–Trinajstić information content (AvgIpc) is 2.47. The number of phenolic OH excluding ortho intramolecular Hbond substituents is 1. The fourth-order valence-corrected chi connectivity index (χ4v) is 2.65. The van der Waals surface area contributed by atoms with Gasteiger partial charge in [0.25, 0.3) is 5.91 Å². The minimum Gasteiger partial charge on any atom is -0.507 e. The SMILES string of the molecule is N/C(=N/O)C1(NC(=O)c2ccccc2O)CCCCC1. The molecule has 1 saturated carbocycles. The molecule has 0 spiro atoms. The molecule has 20 heavy (non-hydrogen) atoms. The van der Waals surface area contributed by atoms with Crippen molar-refractivity contribution in [3.05, 3.63) is 29.8 Å². The largest absolute Gasteiger partial charge is 0.507 e. The van der Waals surface area contributed by atoms with Crippen LogP contribution < -0.4 is 11.1 Å². The van der Waals surface area contributed by atoms with Gasteiger partial charge in [0.2, 0.25) is 0 Å². The van der Waals surface area contributed by atoms with E-state index in [0.717, 1.165) is 19.3 Å². The van der Waals surface area contributed by atoms with Gasteiger partial charge in [0.15, 0.2) is 5.84 Å². The Hall–Kier alpha value is -2.24. The summed E-state index contributed by atoms with van der Waals surface area (Å²) in [5.74, 6) is -0.493. The molecule has 0 heterocycles. The fourth-order valence-electron chi connectivity index (χ4n) is 2.65. The zero-order valence-electron chi connectivity index (χ0n) is 11.2. The van der Waals surface area contributed by atoms with E-state index in [2.05, 4.69) is 10.5 Å². The van der Waals surface area contributed by atoms with E-state index in [0.29, 0.717) is 12.8 Å². The van der Waals surface area contributed by atoms with E-state index in [1.807, 2.05) is 0 Å². The topological polar surface area (TPSA) is 108 Å². The third-order valence-corrected chi connectivity index (χ3v) is 3.81. The van der Waals surface area contributed by atoms with E-state index in [1.54, 1.807) is 12.1 Å². The Balaban J connectivity index is 2.24. The maximum absolute atomic E-state index is 12.3. The van der Waals surface area contributed by atoms with Gasteiger partial charge in [-0.3, -0.25) is 4.79 Å². The molecular formula is C14H19N3O3. The van der Waals surface area contributed by atoms with E-state index >= 15 is 0 Å². The number of benzene rings is 1. The number of hydrogen-bond donors (Lipinski definition) is 4. The van der Waals surface area contributed by atoms with Crippen molar-refractivity contribution in [2.45, 2.75) is 37.6 Å². The second-order valence-corrected chi connectivity index (χ2v) is 5.10. The van der Waals surface area contributed by atoms with Crippen LogP contribution in [0.15, 0.2) is 29.4 Å². The molecule has 1 fully saturated rings. The Morgan fingerprint density at radius 3 is 2.50 bits per heavy atom. The molecule has 108 valence electrons. The van der Waals surface area contributed by atoms with Crippen molar-refractivity contribution >= 4 is 11.7 Å². The molecule has 0 unspecified atom stereocenters. The van der Waals surface area contributed by atoms with Crippen LogP contribution in [0, 0.1) is 0 Å². The number of para-hydroxylation sites is 1. The van der Waals surface area contributed by atoms with Crippen molar-refractivity contribution in [1.82, 2.24) is 5.32 Å². The smallest absolute Gasteiger partial charge is 0.255 e. The number of carbonyl (C=O) groups excluding carboxylic acids is 1. The Morgan fingerprint density at radius 1 is 1.25 bits per heavy atom. The molecule has 5 N–H and O–H groups in total. The predicted molar refractivity (Wildman–Crippen MR) is 74.8 cm³/mol. The van der Waals surface area contributed by atoms with E-state index in [4.69, 9.17) is 10.9 Å². The molecular weight excluding hydrogens is 258 g/mol. The Kier molecular flexibility index (Phi) is 4.12.